The van der Waals surface area contributed by atoms with E-state index in [1.165, 1.54) is 21.0 Å². The second-order valence-corrected chi connectivity index (χ2v) is 10.3. The minimum absolute atomic E-state index is 0.0692. The van der Waals surface area contributed by atoms with Crippen molar-refractivity contribution in [3.05, 3.63) is 64.6 Å². The van der Waals surface area contributed by atoms with E-state index >= 15 is 0 Å². The highest BCUT2D eigenvalue weighted by molar-refractivity contribution is 7.89. The SMILES string of the molecule is CN(Cc1ccccc1)C(=O)CC1CCN(S(=O)(=O)c2ccc3c(c2)oc(=O)n3C)CC1. The van der Waals surface area contributed by atoms with Crippen LogP contribution in [0, 0.1) is 5.92 Å². The van der Waals surface area contributed by atoms with Gasteiger partial charge in [-0.25, -0.2) is 13.2 Å². The van der Waals surface area contributed by atoms with Gasteiger partial charge in [-0.05, 0) is 36.5 Å². The van der Waals surface area contributed by atoms with Crippen LogP contribution >= 0.6 is 0 Å². The average Bonchev–Trinajstić information content (AvgIpc) is 3.07. The molecule has 0 spiro atoms. The number of amides is 1. The van der Waals surface area contributed by atoms with Crippen LogP contribution in [0.5, 0.6) is 0 Å². The number of hydrogen-bond donors (Lipinski definition) is 0. The first kappa shape index (κ1) is 22.3. The predicted molar refractivity (Wildman–Crippen MR) is 120 cm³/mol. The summed E-state index contributed by atoms with van der Waals surface area (Å²) in [6.07, 6.45) is 1.68. The maximum Gasteiger partial charge on any atom is 0.419 e. The monoisotopic (exact) mass is 457 g/mol. The summed E-state index contributed by atoms with van der Waals surface area (Å²) < 4.78 is 34.1. The summed E-state index contributed by atoms with van der Waals surface area (Å²) in [5.41, 5.74) is 1.88. The standard InChI is InChI=1S/C23H27N3O5S/c1-24(16-18-6-4-3-5-7-18)22(27)14-17-10-12-26(13-11-17)32(29,30)19-8-9-20-21(15-19)31-23(28)25(20)2/h3-9,15,17H,10-14,16H2,1-2H3. The number of benzene rings is 2. The molecule has 4 rings (SSSR count). The van der Waals surface area contributed by atoms with Crippen LogP contribution in [0.15, 0.2) is 62.6 Å². The van der Waals surface area contributed by atoms with Crippen LogP contribution in [0.4, 0.5) is 0 Å². The molecule has 1 aliphatic rings. The number of nitrogens with zero attached hydrogens (tertiary/aromatic N) is 3. The van der Waals surface area contributed by atoms with E-state index in [0.29, 0.717) is 44.4 Å². The summed E-state index contributed by atoms with van der Waals surface area (Å²) in [5, 5.41) is 0. The molecule has 0 aliphatic carbocycles. The molecule has 1 aromatic heterocycles. The molecule has 0 unspecified atom stereocenters. The topological polar surface area (TPSA) is 92.8 Å². The Kier molecular flexibility index (Phi) is 6.21. The van der Waals surface area contributed by atoms with Gasteiger partial charge in [0.2, 0.25) is 15.9 Å². The maximum atomic E-state index is 13.1. The summed E-state index contributed by atoms with van der Waals surface area (Å²) in [6.45, 7) is 1.28. The van der Waals surface area contributed by atoms with E-state index in [2.05, 4.69) is 0 Å². The van der Waals surface area contributed by atoms with Gasteiger partial charge in [0.25, 0.3) is 0 Å². The smallest absolute Gasteiger partial charge is 0.408 e. The van der Waals surface area contributed by atoms with Crippen molar-refractivity contribution in [1.29, 1.82) is 0 Å². The van der Waals surface area contributed by atoms with Gasteiger partial charge >= 0.3 is 5.76 Å². The van der Waals surface area contributed by atoms with Gasteiger partial charge < -0.3 is 9.32 Å². The molecule has 3 aromatic rings. The number of oxazole rings is 1. The minimum Gasteiger partial charge on any atom is -0.408 e. The van der Waals surface area contributed by atoms with Gasteiger partial charge in [-0.15, -0.1) is 0 Å². The van der Waals surface area contributed by atoms with Crippen molar-refractivity contribution in [3.8, 4) is 0 Å². The maximum absolute atomic E-state index is 13.1. The Hall–Kier alpha value is -2.91. The first-order valence-electron chi connectivity index (χ1n) is 10.6. The molecule has 0 N–H and O–H groups in total. The number of hydrogen-bond acceptors (Lipinski definition) is 5. The van der Waals surface area contributed by atoms with Crippen LogP contribution in [-0.4, -0.2) is 48.2 Å². The molecule has 1 saturated heterocycles. The third-order valence-corrected chi connectivity index (χ3v) is 8.02. The summed E-state index contributed by atoms with van der Waals surface area (Å²) in [7, 11) is -0.326. The van der Waals surface area contributed by atoms with Gasteiger partial charge in [-0.3, -0.25) is 9.36 Å². The van der Waals surface area contributed by atoms with E-state index in [1.54, 1.807) is 25.1 Å². The van der Waals surface area contributed by atoms with E-state index in [0.717, 1.165) is 5.56 Å². The second-order valence-electron chi connectivity index (χ2n) is 8.34. The Balaban J connectivity index is 1.36. The molecule has 8 nitrogen and oxygen atoms in total. The molecule has 0 saturated carbocycles. The largest absolute Gasteiger partial charge is 0.419 e. The highest BCUT2D eigenvalue weighted by atomic mass is 32.2. The molecule has 1 aliphatic heterocycles. The zero-order valence-corrected chi connectivity index (χ0v) is 19.0. The van der Waals surface area contributed by atoms with Crippen LogP contribution < -0.4 is 5.76 Å². The first-order chi connectivity index (χ1) is 15.3. The van der Waals surface area contributed by atoms with Crippen molar-refractivity contribution >= 4 is 27.0 Å². The highest BCUT2D eigenvalue weighted by Crippen LogP contribution is 2.27. The second kappa shape index (κ2) is 8.91. The fraction of sp³-hybridized carbons (Fsp3) is 0.391. The van der Waals surface area contributed by atoms with Crippen LogP contribution in [0.3, 0.4) is 0 Å². The van der Waals surface area contributed by atoms with Gasteiger partial charge in [0.1, 0.15) is 0 Å². The molecule has 2 heterocycles. The average molecular weight is 458 g/mol. The van der Waals surface area contributed by atoms with Crippen LogP contribution in [-0.2, 0) is 28.4 Å². The van der Waals surface area contributed by atoms with Gasteiger partial charge in [0, 0.05) is 46.2 Å². The van der Waals surface area contributed by atoms with Gasteiger partial charge in [0.15, 0.2) is 5.58 Å². The number of rotatable bonds is 6. The third-order valence-electron chi connectivity index (χ3n) is 6.13. The molecule has 2 aromatic carbocycles. The zero-order chi connectivity index (χ0) is 22.9. The van der Waals surface area contributed by atoms with Crippen molar-refractivity contribution in [3.63, 3.8) is 0 Å². The zero-order valence-electron chi connectivity index (χ0n) is 18.2. The highest BCUT2D eigenvalue weighted by Gasteiger charge is 2.31. The molecule has 1 amide bonds. The number of aryl methyl sites for hydroxylation is 1. The summed E-state index contributed by atoms with van der Waals surface area (Å²) in [6, 6.07) is 14.3. The molecule has 32 heavy (non-hydrogen) atoms. The first-order valence-corrected chi connectivity index (χ1v) is 12.1. The molecule has 9 heteroatoms. The number of fused-ring (bicyclic) bond motifs is 1. The van der Waals surface area contributed by atoms with E-state index < -0.39 is 15.8 Å². The van der Waals surface area contributed by atoms with Crippen molar-refractivity contribution in [1.82, 2.24) is 13.8 Å². The minimum atomic E-state index is -3.70. The molecule has 0 radical (unpaired) electrons. The van der Waals surface area contributed by atoms with E-state index in [9.17, 15) is 18.0 Å². The number of carbonyl (C=O) groups is 1. The number of sulfonamides is 1. The van der Waals surface area contributed by atoms with Crippen molar-refractivity contribution in [2.45, 2.75) is 30.7 Å². The predicted octanol–water partition coefficient (Wildman–Crippen LogP) is 2.58. The summed E-state index contributed by atoms with van der Waals surface area (Å²) >= 11 is 0. The quantitative estimate of drug-likeness (QED) is 0.567. The van der Waals surface area contributed by atoms with Crippen LogP contribution in [0.1, 0.15) is 24.8 Å². The van der Waals surface area contributed by atoms with E-state index in [-0.39, 0.29) is 22.3 Å². The van der Waals surface area contributed by atoms with Gasteiger partial charge in [0.05, 0.1) is 10.4 Å². The summed E-state index contributed by atoms with van der Waals surface area (Å²) in [5.74, 6) is -0.307. The van der Waals surface area contributed by atoms with Crippen LogP contribution in [0.2, 0.25) is 0 Å². The Morgan fingerprint density at radius 1 is 1.12 bits per heavy atom. The number of carbonyl (C=O) groups excluding carboxylic acids is 1. The van der Waals surface area contributed by atoms with Gasteiger partial charge in [-0.1, -0.05) is 30.3 Å². The Morgan fingerprint density at radius 3 is 2.50 bits per heavy atom. The van der Waals surface area contributed by atoms with Gasteiger partial charge in [-0.2, -0.15) is 4.31 Å². The summed E-state index contributed by atoms with van der Waals surface area (Å²) in [4.78, 5) is 26.1. The van der Waals surface area contributed by atoms with Crippen molar-refractivity contribution in [2.75, 3.05) is 20.1 Å². The van der Waals surface area contributed by atoms with E-state index in [4.69, 9.17) is 4.42 Å². The lowest BCUT2D eigenvalue weighted by atomic mass is 9.94. The number of piperidine rings is 1. The van der Waals surface area contributed by atoms with Crippen LogP contribution in [0.25, 0.3) is 11.1 Å². The molecule has 1 fully saturated rings. The fourth-order valence-corrected chi connectivity index (χ4v) is 5.61. The Labute approximate surface area is 187 Å². The molecule has 0 bridgehead atoms. The molecular formula is C23H27N3O5S. The van der Waals surface area contributed by atoms with Crippen molar-refractivity contribution < 1.29 is 17.6 Å². The lowest BCUT2D eigenvalue weighted by molar-refractivity contribution is -0.131. The Morgan fingerprint density at radius 2 is 1.81 bits per heavy atom. The lowest BCUT2D eigenvalue weighted by Crippen LogP contribution is -2.39. The fourth-order valence-electron chi connectivity index (χ4n) is 4.13. The molecule has 0 atom stereocenters. The molecular weight excluding hydrogens is 430 g/mol. The molecule has 170 valence electrons. The number of aromatic nitrogens is 1. The third kappa shape index (κ3) is 4.49. The Bertz CT molecular complexity index is 1270. The van der Waals surface area contributed by atoms with E-state index in [1.807, 2.05) is 30.3 Å². The lowest BCUT2D eigenvalue weighted by Gasteiger charge is -2.31. The normalized spacial score (nSPS) is 15.8. The van der Waals surface area contributed by atoms with Crippen molar-refractivity contribution in [2.24, 2.45) is 13.0 Å².